The summed E-state index contributed by atoms with van der Waals surface area (Å²) in [5, 5.41) is 28.3. The van der Waals surface area contributed by atoms with Crippen molar-refractivity contribution in [2.45, 2.75) is 109 Å². The highest BCUT2D eigenvalue weighted by Crippen LogP contribution is 2.17. The molecular formula is C24H48O7. The average Bonchev–Trinajstić information content (AvgIpc) is 2.75. The number of carbonyl (C=O) groups excluding carboxylic acids is 1. The van der Waals surface area contributed by atoms with Crippen LogP contribution >= 0.6 is 0 Å². The van der Waals surface area contributed by atoms with Crippen LogP contribution in [0.2, 0.25) is 0 Å². The number of esters is 1. The van der Waals surface area contributed by atoms with E-state index in [9.17, 15) is 15.0 Å². The molecule has 186 valence electrons. The van der Waals surface area contributed by atoms with Crippen molar-refractivity contribution < 1.29 is 34.3 Å². The van der Waals surface area contributed by atoms with Crippen LogP contribution in [0.5, 0.6) is 0 Å². The van der Waals surface area contributed by atoms with Gasteiger partial charge in [-0.3, -0.25) is 0 Å². The molecule has 0 aromatic carbocycles. The van der Waals surface area contributed by atoms with Gasteiger partial charge in [-0.05, 0) is 6.42 Å². The first-order valence-electron chi connectivity index (χ1n) is 12.4. The van der Waals surface area contributed by atoms with Crippen LogP contribution in [0.3, 0.4) is 0 Å². The van der Waals surface area contributed by atoms with Crippen molar-refractivity contribution >= 4 is 5.97 Å². The molecule has 0 fully saturated rings. The second kappa shape index (κ2) is 22.5. The molecule has 0 aliphatic heterocycles. The third-order valence-electron chi connectivity index (χ3n) is 5.27. The first-order valence-corrected chi connectivity index (χ1v) is 12.4. The van der Waals surface area contributed by atoms with Gasteiger partial charge in [0.1, 0.15) is 6.61 Å². The monoisotopic (exact) mass is 448 g/mol. The van der Waals surface area contributed by atoms with Crippen LogP contribution in [0.15, 0.2) is 0 Å². The normalized spacial score (nSPS) is 11.7. The Morgan fingerprint density at radius 1 is 0.645 bits per heavy atom. The zero-order valence-corrected chi connectivity index (χ0v) is 19.8. The molecule has 0 atom stereocenters. The van der Waals surface area contributed by atoms with Gasteiger partial charge in [0, 0.05) is 6.42 Å². The van der Waals surface area contributed by atoms with Crippen LogP contribution in [0.1, 0.15) is 103 Å². The molecule has 0 aromatic heterocycles. The van der Waals surface area contributed by atoms with Gasteiger partial charge in [-0.2, -0.15) is 0 Å². The Morgan fingerprint density at radius 3 is 1.55 bits per heavy atom. The van der Waals surface area contributed by atoms with Gasteiger partial charge in [0.25, 0.3) is 5.79 Å². The van der Waals surface area contributed by atoms with E-state index in [1.54, 1.807) is 0 Å². The Balaban J connectivity index is 3.45. The van der Waals surface area contributed by atoms with Crippen LogP contribution in [0, 0.1) is 0 Å². The van der Waals surface area contributed by atoms with E-state index in [0.29, 0.717) is 19.6 Å². The van der Waals surface area contributed by atoms with E-state index in [1.807, 2.05) is 0 Å². The quantitative estimate of drug-likeness (QED) is 0.116. The second-order valence-electron chi connectivity index (χ2n) is 8.25. The molecule has 0 rings (SSSR count). The fraction of sp³-hybridized carbons (Fsp3) is 0.958. The summed E-state index contributed by atoms with van der Waals surface area (Å²) in [5.74, 6) is -3.45. The molecule has 0 unspecified atom stereocenters. The molecule has 7 heteroatoms. The van der Waals surface area contributed by atoms with Gasteiger partial charge in [-0.1, -0.05) is 90.4 Å². The van der Waals surface area contributed by atoms with Crippen molar-refractivity contribution in [3.05, 3.63) is 0 Å². The second-order valence-corrected chi connectivity index (χ2v) is 8.25. The molecular weight excluding hydrogens is 400 g/mol. The number of aliphatic hydroxyl groups excluding tert-OH is 1. The molecule has 0 aliphatic rings. The number of ether oxygens (including phenoxy) is 3. The predicted molar refractivity (Wildman–Crippen MR) is 122 cm³/mol. The summed E-state index contributed by atoms with van der Waals surface area (Å²) in [6, 6.07) is 0. The Kier molecular flexibility index (Phi) is 21.9. The van der Waals surface area contributed by atoms with E-state index in [4.69, 9.17) is 19.3 Å². The minimum atomic E-state index is -2.43. The third-order valence-corrected chi connectivity index (χ3v) is 5.27. The fourth-order valence-corrected chi connectivity index (χ4v) is 3.36. The fourth-order valence-electron chi connectivity index (χ4n) is 3.36. The number of rotatable bonds is 24. The van der Waals surface area contributed by atoms with Gasteiger partial charge in [0.05, 0.1) is 33.0 Å². The van der Waals surface area contributed by atoms with Gasteiger partial charge in [0.2, 0.25) is 0 Å². The van der Waals surface area contributed by atoms with Crippen molar-refractivity contribution in [3.8, 4) is 0 Å². The van der Waals surface area contributed by atoms with E-state index >= 15 is 0 Å². The lowest BCUT2D eigenvalue weighted by molar-refractivity contribution is -0.212. The number of aliphatic hydroxyl groups is 3. The number of carbonyl (C=O) groups is 1. The summed E-state index contributed by atoms with van der Waals surface area (Å²) < 4.78 is 15.1. The lowest BCUT2D eigenvalue weighted by Gasteiger charge is -2.19. The Morgan fingerprint density at radius 2 is 1.06 bits per heavy atom. The first-order chi connectivity index (χ1) is 15.0. The van der Waals surface area contributed by atoms with Crippen LogP contribution < -0.4 is 0 Å². The van der Waals surface area contributed by atoms with Crippen molar-refractivity contribution in [3.63, 3.8) is 0 Å². The Hall–Kier alpha value is -0.730. The minimum Gasteiger partial charge on any atom is -0.459 e. The average molecular weight is 449 g/mol. The first kappa shape index (κ1) is 30.3. The van der Waals surface area contributed by atoms with Crippen LogP contribution in [-0.4, -0.2) is 66.7 Å². The molecule has 0 spiro atoms. The maximum absolute atomic E-state index is 11.8. The highest BCUT2D eigenvalue weighted by molar-refractivity contribution is 5.77. The van der Waals surface area contributed by atoms with Crippen molar-refractivity contribution in [1.29, 1.82) is 0 Å². The summed E-state index contributed by atoms with van der Waals surface area (Å²) >= 11 is 0. The van der Waals surface area contributed by atoms with Crippen LogP contribution in [0.4, 0.5) is 0 Å². The van der Waals surface area contributed by atoms with Crippen molar-refractivity contribution in [2.75, 3.05) is 39.6 Å². The molecule has 0 radical (unpaired) electrons. The summed E-state index contributed by atoms with van der Waals surface area (Å²) in [6.45, 7) is 3.25. The van der Waals surface area contributed by atoms with Gasteiger partial charge in [-0.15, -0.1) is 0 Å². The maximum Gasteiger partial charge on any atom is 0.366 e. The smallest absolute Gasteiger partial charge is 0.366 e. The lowest BCUT2D eigenvalue weighted by Crippen LogP contribution is -2.40. The van der Waals surface area contributed by atoms with E-state index in [2.05, 4.69) is 6.92 Å². The summed E-state index contributed by atoms with van der Waals surface area (Å²) in [7, 11) is 0. The SMILES string of the molecule is CCCCCCCCCCCCCCCCC(O)(O)C(=O)OCCOCCOCCO. The van der Waals surface area contributed by atoms with Crippen LogP contribution in [0.25, 0.3) is 0 Å². The standard InChI is InChI=1S/C24H48O7/c1-2-3-4-5-6-7-8-9-10-11-12-13-14-15-16-24(27,28)23(26)31-22-21-30-20-19-29-18-17-25/h25,27-28H,2-22H2,1H3. The van der Waals surface area contributed by atoms with Gasteiger partial charge < -0.3 is 29.5 Å². The molecule has 0 saturated heterocycles. The highest BCUT2D eigenvalue weighted by Gasteiger charge is 2.34. The summed E-state index contributed by atoms with van der Waals surface area (Å²) in [5.41, 5.74) is 0. The van der Waals surface area contributed by atoms with Gasteiger partial charge in [0.15, 0.2) is 0 Å². The molecule has 3 N–H and O–H groups in total. The zero-order valence-electron chi connectivity index (χ0n) is 19.8. The summed E-state index contributed by atoms with van der Waals surface area (Å²) in [4.78, 5) is 11.8. The van der Waals surface area contributed by atoms with E-state index in [1.165, 1.54) is 64.2 Å². The highest BCUT2D eigenvalue weighted by atomic mass is 16.6. The zero-order chi connectivity index (χ0) is 23.0. The predicted octanol–water partition coefficient (Wildman–Crippen LogP) is 4.11. The van der Waals surface area contributed by atoms with Crippen molar-refractivity contribution in [2.24, 2.45) is 0 Å². The minimum absolute atomic E-state index is 0.0142. The maximum atomic E-state index is 11.8. The topological polar surface area (TPSA) is 105 Å². The van der Waals surface area contributed by atoms with Gasteiger partial charge in [-0.25, -0.2) is 4.79 Å². The molecule has 0 aromatic rings. The van der Waals surface area contributed by atoms with E-state index in [0.717, 1.165) is 19.3 Å². The third kappa shape index (κ3) is 20.9. The molecule has 31 heavy (non-hydrogen) atoms. The lowest BCUT2D eigenvalue weighted by atomic mass is 10.0. The Bertz CT molecular complexity index is 388. The number of hydrogen-bond donors (Lipinski definition) is 3. The number of hydrogen-bond acceptors (Lipinski definition) is 7. The summed E-state index contributed by atoms with van der Waals surface area (Å²) in [6.07, 6.45) is 17.0. The molecule has 0 heterocycles. The van der Waals surface area contributed by atoms with E-state index < -0.39 is 11.8 Å². The molecule has 0 bridgehead atoms. The number of unbranched alkanes of at least 4 members (excludes halogenated alkanes) is 13. The van der Waals surface area contributed by atoms with E-state index in [-0.39, 0.29) is 32.8 Å². The molecule has 7 nitrogen and oxygen atoms in total. The largest absolute Gasteiger partial charge is 0.459 e. The van der Waals surface area contributed by atoms with Crippen LogP contribution in [-0.2, 0) is 19.0 Å². The molecule has 0 amide bonds. The Labute approximate surface area is 189 Å². The molecule has 0 aliphatic carbocycles. The van der Waals surface area contributed by atoms with Crippen molar-refractivity contribution in [1.82, 2.24) is 0 Å². The van der Waals surface area contributed by atoms with Gasteiger partial charge >= 0.3 is 5.97 Å². The molecule has 0 saturated carbocycles.